The largest absolute Gasteiger partial charge is 0.433 e. The molecular weight excluding hydrogens is 281 g/mol. The molecule has 1 unspecified atom stereocenters. The molecule has 0 amide bonds. The van der Waals surface area contributed by atoms with E-state index < -0.39 is 11.9 Å². The van der Waals surface area contributed by atoms with E-state index in [-0.39, 0.29) is 12.0 Å². The molecule has 1 atom stereocenters. The quantitative estimate of drug-likeness (QED) is 0.932. The van der Waals surface area contributed by atoms with Gasteiger partial charge in [-0.05, 0) is 25.3 Å². The molecule has 116 valence electrons. The number of hydrogen-bond acceptors (Lipinski definition) is 4. The minimum Gasteiger partial charge on any atom is -0.350 e. The van der Waals surface area contributed by atoms with E-state index in [4.69, 9.17) is 0 Å². The van der Waals surface area contributed by atoms with Crippen LogP contribution in [0.1, 0.15) is 37.8 Å². The Hall–Kier alpha value is -1.37. The standard InChI is InChI=1S/C14H19F3N4/c15-14(16,17)12-5-7-18-13(20-12)19-10-6-8-21(9-10)11-3-1-2-4-11/h5,7,10-11H,1-4,6,8-9H2,(H,18,19,20). The van der Waals surface area contributed by atoms with Crippen LogP contribution < -0.4 is 5.32 Å². The summed E-state index contributed by atoms with van der Waals surface area (Å²) < 4.78 is 37.9. The molecule has 1 aliphatic heterocycles. The van der Waals surface area contributed by atoms with Crippen LogP contribution in [0.25, 0.3) is 0 Å². The minimum atomic E-state index is -4.43. The molecule has 4 nitrogen and oxygen atoms in total. The second-order valence-electron chi connectivity index (χ2n) is 5.83. The molecule has 0 aromatic carbocycles. The summed E-state index contributed by atoms with van der Waals surface area (Å²) in [6, 6.07) is 1.68. The second kappa shape index (κ2) is 5.79. The van der Waals surface area contributed by atoms with Crippen LogP contribution in [0.4, 0.5) is 19.1 Å². The van der Waals surface area contributed by atoms with Crippen LogP contribution in [0.3, 0.4) is 0 Å². The normalized spacial score (nSPS) is 24.6. The van der Waals surface area contributed by atoms with Gasteiger partial charge in [0.25, 0.3) is 0 Å². The molecule has 7 heteroatoms. The molecule has 0 bridgehead atoms. The number of alkyl halides is 3. The van der Waals surface area contributed by atoms with Crippen molar-refractivity contribution in [3.05, 3.63) is 18.0 Å². The zero-order valence-electron chi connectivity index (χ0n) is 11.7. The Bertz CT molecular complexity index is 485. The van der Waals surface area contributed by atoms with Gasteiger partial charge in [0.15, 0.2) is 0 Å². The number of nitrogens with zero attached hydrogens (tertiary/aromatic N) is 3. The van der Waals surface area contributed by atoms with Gasteiger partial charge in [0, 0.05) is 31.4 Å². The lowest BCUT2D eigenvalue weighted by Gasteiger charge is -2.23. The van der Waals surface area contributed by atoms with Gasteiger partial charge in [-0.1, -0.05) is 12.8 Å². The van der Waals surface area contributed by atoms with Gasteiger partial charge < -0.3 is 5.32 Å². The van der Waals surface area contributed by atoms with Gasteiger partial charge in [-0.3, -0.25) is 4.90 Å². The third-order valence-electron chi connectivity index (χ3n) is 4.34. The first kappa shape index (κ1) is 14.6. The molecule has 0 spiro atoms. The van der Waals surface area contributed by atoms with Gasteiger partial charge in [-0.2, -0.15) is 13.2 Å². The maximum absolute atomic E-state index is 12.6. The van der Waals surface area contributed by atoms with Crippen molar-refractivity contribution in [2.45, 2.75) is 50.4 Å². The lowest BCUT2D eigenvalue weighted by atomic mass is 10.2. The summed E-state index contributed by atoms with van der Waals surface area (Å²) in [7, 11) is 0. The number of halogens is 3. The zero-order chi connectivity index (χ0) is 14.9. The van der Waals surface area contributed by atoms with Crippen LogP contribution >= 0.6 is 0 Å². The highest BCUT2D eigenvalue weighted by Crippen LogP contribution is 2.29. The minimum absolute atomic E-state index is 0.0723. The van der Waals surface area contributed by atoms with Crippen molar-refractivity contribution in [2.75, 3.05) is 18.4 Å². The van der Waals surface area contributed by atoms with Crippen LogP contribution in [0, 0.1) is 0 Å². The highest BCUT2D eigenvalue weighted by Gasteiger charge is 2.34. The Morgan fingerprint density at radius 3 is 2.67 bits per heavy atom. The van der Waals surface area contributed by atoms with E-state index in [2.05, 4.69) is 20.2 Å². The Kier molecular flexibility index (Phi) is 4.01. The van der Waals surface area contributed by atoms with Crippen LogP contribution in [0.15, 0.2) is 12.3 Å². The van der Waals surface area contributed by atoms with Crippen molar-refractivity contribution in [1.29, 1.82) is 0 Å². The van der Waals surface area contributed by atoms with Gasteiger partial charge in [0.1, 0.15) is 5.69 Å². The van der Waals surface area contributed by atoms with Crippen molar-refractivity contribution >= 4 is 5.95 Å². The summed E-state index contributed by atoms with van der Waals surface area (Å²) in [5, 5.41) is 3.04. The van der Waals surface area contributed by atoms with Crippen molar-refractivity contribution in [1.82, 2.24) is 14.9 Å². The number of aromatic nitrogens is 2. The van der Waals surface area contributed by atoms with Crippen molar-refractivity contribution < 1.29 is 13.2 Å². The highest BCUT2D eigenvalue weighted by atomic mass is 19.4. The van der Waals surface area contributed by atoms with Crippen LogP contribution in [-0.2, 0) is 6.18 Å². The Morgan fingerprint density at radius 2 is 1.95 bits per heavy atom. The summed E-state index contributed by atoms with van der Waals surface area (Å²) in [6.07, 6.45) is 2.72. The first-order valence-corrected chi connectivity index (χ1v) is 7.43. The van der Waals surface area contributed by atoms with Crippen molar-refractivity contribution in [3.63, 3.8) is 0 Å². The smallest absolute Gasteiger partial charge is 0.350 e. The van der Waals surface area contributed by atoms with E-state index in [1.807, 2.05) is 0 Å². The maximum Gasteiger partial charge on any atom is 0.433 e. The topological polar surface area (TPSA) is 41.1 Å². The maximum atomic E-state index is 12.6. The summed E-state index contributed by atoms with van der Waals surface area (Å²) in [6.45, 7) is 1.87. The third kappa shape index (κ3) is 3.45. The van der Waals surface area contributed by atoms with Gasteiger partial charge in [-0.15, -0.1) is 0 Å². The van der Waals surface area contributed by atoms with Crippen molar-refractivity contribution in [3.8, 4) is 0 Å². The molecule has 1 saturated carbocycles. The van der Waals surface area contributed by atoms with E-state index in [0.29, 0.717) is 6.04 Å². The summed E-state index contributed by atoms with van der Waals surface area (Å²) >= 11 is 0. The van der Waals surface area contributed by atoms with Crippen molar-refractivity contribution in [2.24, 2.45) is 0 Å². The Balaban J connectivity index is 1.60. The molecular formula is C14H19F3N4. The van der Waals surface area contributed by atoms with E-state index in [9.17, 15) is 13.2 Å². The van der Waals surface area contributed by atoms with Gasteiger partial charge >= 0.3 is 6.18 Å². The molecule has 2 fully saturated rings. The predicted molar refractivity (Wildman–Crippen MR) is 72.9 cm³/mol. The molecule has 1 aliphatic carbocycles. The molecule has 1 N–H and O–H groups in total. The molecule has 3 rings (SSSR count). The monoisotopic (exact) mass is 300 g/mol. The summed E-state index contributed by atoms with van der Waals surface area (Å²) in [5.74, 6) is 0.0723. The number of likely N-dealkylation sites (tertiary alicyclic amines) is 1. The molecule has 2 aliphatic rings. The lowest BCUT2D eigenvalue weighted by molar-refractivity contribution is -0.141. The average molecular weight is 300 g/mol. The molecule has 1 aromatic rings. The number of nitrogens with one attached hydrogen (secondary N) is 1. The molecule has 0 radical (unpaired) electrons. The summed E-state index contributed by atoms with van der Waals surface area (Å²) in [5.41, 5.74) is -0.898. The van der Waals surface area contributed by atoms with Gasteiger partial charge in [0.2, 0.25) is 5.95 Å². The van der Waals surface area contributed by atoms with Gasteiger partial charge in [0.05, 0.1) is 0 Å². The van der Waals surface area contributed by atoms with E-state index >= 15 is 0 Å². The SMILES string of the molecule is FC(F)(F)c1ccnc(NC2CCN(C3CCCC3)C2)n1. The molecule has 1 aromatic heterocycles. The van der Waals surface area contributed by atoms with Gasteiger partial charge in [-0.25, -0.2) is 9.97 Å². The number of hydrogen-bond donors (Lipinski definition) is 1. The third-order valence-corrected chi connectivity index (χ3v) is 4.34. The summed E-state index contributed by atoms with van der Waals surface area (Å²) in [4.78, 5) is 9.91. The first-order chi connectivity index (χ1) is 10.0. The Morgan fingerprint density at radius 1 is 1.19 bits per heavy atom. The number of rotatable bonds is 3. The fourth-order valence-corrected chi connectivity index (χ4v) is 3.27. The van der Waals surface area contributed by atoms with Crippen LogP contribution in [0.2, 0.25) is 0 Å². The molecule has 2 heterocycles. The fourth-order valence-electron chi connectivity index (χ4n) is 3.27. The second-order valence-corrected chi connectivity index (χ2v) is 5.83. The first-order valence-electron chi connectivity index (χ1n) is 7.43. The van der Waals surface area contributed by atoms with Crippen LogP contribution in [0.5, 0.6) is 0 Å². The Labute approximate surface area is 121 Å². The van der Waals surface area contributed by atoms with E-state index in [1.165, 1.54) is 25.7 Å². The average Bonchev–Trinajstić information content (AvgIpc) is 3.08. The highest BCUT2D eigenvalue weighted by molar-refractivity contribution is 5.28. The van der Waals surface area contributed by atoms with E-state index in [0.717, 1.165) is 31.8 Å². The molecule has 1 saturated heterocycles. The number of anilines is 1. The van der Waals surface area contributed by atoms with E-state index in [1.54, 1.807) is 0 Å². The zero-order valence-corrected chi connectivity index (χ0v) is 11.7. The van der Waals surface area contributed by atoms with Crippen LogP contribution in [-0.4, -0.2) is 40.0 Å². The molecule has 21 heavy (non-hydrogen) atoms. The lowest BCUT2D eigenvalue weighted by Crippen LogP contribution is -2.33. The fraction of sp³-hybridized carbons (Fsp3) is 0.714. The predicted octanol–water partition coefficient (Wildman–Crippen LogP) is 2.92.